The first-order valence-corrected chi connectivity index (χ1v) is 10.7. The van der Waals surface area contributed by atoms with Crippen molar-refractivity contribution in [3.05, 3.63) is 57.7 Å². The third kappa shape index (κ3) is 4.06. The van der Waals surface area contributed by atoms with Gasteiger partial charge in [0, 0.05) is 17.8 Å². The molecule has 0 radical (unpaired) electrons. The molecule has 0 fully saturated rings. The van der Waals surface area contributed by atoms with Crippen LogP contribution in [0.3, 0.4) is 0 Å². The second kappa shape index (κ2) is 8.16. The van der Waals surface area contributed by atoms with E-state index in [0.29, 0.717) is 27.4 Å². The molecule has 4 N–H and O–H groups in total. The lowest BCUT2D eigenvalue weighted by atomic mass is 10.1. The van der Waals surface area contributed by atoms with E-state index in [1.807, 2.05) is 18.3 Å². The van der Waals surface area contributed by atoms with Crippen LogP contribution in [0.5, 0.6) is 5.88 Å². The summed E-state index contributed by atoms with van der Waals surface area (Å²) >= 11 is 7.50. The first-order valence-electron chi connectivity index (χ1n) is 9.46. The molecule has 31 heavy (non-hydrogen) atoms. The highest BCUT2D eigenvalue weighted by atomic mass is 35.5. The number of ether oxygens (including phenoxy) is 2. The first-order chi connectivity index (χ1) is 14.8. The lowest BCUT2D eigenvalue weighted by Crippen LogP contribution is -2.36. The number of nitrogens with zero attached hydrogens (tertiary/aromatic N) is 2. The number of hydrogen-bond acceptors (Lipinski definition) is 8. The van der Waals surface area contributed by atoms with Crippen molar-refractivity contribution in [1.29, 1.82) is 0 Å². The summed E-state index contributed by atoms with van der Waals surface area (Å²) in [4.78, 5) is 33.2. The van der Waals surface area contributed by atoms with E-state index in [1.54, 1.807) is 13.1 Å². The molecule has 3 aromatic rings. The molecule has 160 valence electrons. The number of thiophene rings is 1. The number of hydrogen-bond donors (Lipinski definition) is 2. The lowest BCUT2D eigenvalue weighted by molar-refractivity contribution is -0.127. The summed E-state index contributed by atoms with van der Waals surface area (Å²) in [6.07, 6.45) is 7.93. The third-order valence-corrected chi connectivity index (χ3v) is 6.42. The number of aromatic nitrogens is 2. The maximum atomic E-state index is 12.6. The van der Waals surface area contributed by atoms with E-state index < -0.39 is 17.5 Å². The SMILES string of the molecule is Cc1c(Cl)c(OCCCc2cccnc2)nc2sc(C(=O)OC3(C(N)=O)C=C3)c(N)c12. The van der Waals surface area contributed by atoms with Crippen molar-refractivity contribution >= 4 is 50.7 Å². The van der Waals surface area contributed by atoms with E-state index in [9.17, 15) is 9.59 Å². The maximum absolute atomic E-state index is 12.6. The Kier molecular flexibility index (Phi) is 5.55. The molecule has 1 aliphatic carbocycles. The number of carbonyl (C=O) groups excluding carboxylic acids is 2. The Morgan fingerprint density at radius 2 is 2.10 bits per heavy atom. The number of esters is 1. The highest BCUT2D eigenvalue weighted by Crippen LogP contribution is 2.42. The zero-order valence-electron chi connectivity index (χ0n) is 16.6. The molecule has 0 unspecified atom stereocenters. The van der Waals surface area contributed by atoms with E-state index >= 15 is 0 Å². The Morgan fingerprint density at radius 1 is 1.32 bits per heavy atom. The Bertz CT molecular complexity index is 1200. The summed E-state index contributed by atoms with van der Waals surface area (Å²) < 4.78 is 11.0. The van der Waals surface area contributed by atoms with Crippen molar-refractivity contribution in [2.75, 3.05) is 12.3 Å². The van der Waals surface area contributed by atoms with Gasteiger partial charge in [0.15, 0.2) is 0 Å². The van der Waals surface area contributed by atoms with Crippen molar-refractivity contribution in [3.63, 3.8) is 0 Å². The topological polar surface area (TPSA) is 130 Å². The molecule has 0 bridgehead atoms. The maximum Gasteiger partial charge on any atom is 0.352 e. The zero-order chi connectivity index (χ0) is 22.2. The van der Waals surface area contributed by atoms with Crippen LogP contribution in [0.1, 0.15) is 27.2 Å². The largest absolute Gasteiger partial charge is 0.477 e. The first kappa shape index (κ1) is 21.1. The number of rotatable bonds is 8. The number of pyridine rings is 2. The summed E-state index contributed by atoms with van der Waals surface area (Å²) in [6, 6.07) is 3.89. The molecular formula is C21H19ClN4O4S. The number of nitrogens with two attached hydrogens (primary N) is 2. The van der Waals surface area contributed by atoms with Crippen LogP contribution in [-0.2, 0) is 16.0 Å². The van der Waals surface area contributed by atoms with Gasteiger partial charge in [-0.05, 0) is 49.1 Å². The molecule has 1 amide bonds. The Morgan fingerprint density at radius 3 is 2.74 bits per heavy atom. The Labute approximate surface area is 186 Å². The summed E-state index contributed by atoms with van der Waals surface area (Å²) in [5, 5.41) is 0.886. The van der Waals surface area contributed by atoms with Gasteiger partial charge in [-0.3, -0.25) is 9.78 Å². The normalized spacial score (nSPS) is 13.9. The molecular weight excluding hydrogens is 440 g/mol. The molecule has 0 aromatic carbocycles. The predicted molar refractivity (Wildman–Crippen MR) is 118 cm³/mol. The van der Waals surface area contributed by atoms with Gasteiger partial charge in [0.25, 0.3) is 5.91 Å². The van der Waals surface area contributed by atoms with Crippen LogP contribution < -0.4 is 16.2 Å². The monoisotopic (exact) mass is 458 g/mol. The van der Waals surface area contributed by atoms with Crippen LogP contribution in [0.4, 0.5) is 5.69 Å². The van der Waals surface area contributed by atoms with Crippen LogP contribution in [0.25, 0.3) is 10.2 Å². The molecule has 3 aromatic heterocycles. The fourth-order valence-electron chi connectivity index (χ4n) is 3.08. The Hall–Kier alpha value is -3.17. The van der Waals surface area contributed by atoms with Gasteiger partial charge in [-0.2, -0.15) is 0 Å². The lowest BCUT2D eigenvalue weighted by Gasteiger charge is -2.12. The van der Waals surface area contributed by atoms with Crippen molar-refractivity contribution in [2.45, 2.75) is 25.4 Å². The molecule has 0 saturated heterocycles. The average Bonchev–Trinajstić information content (AvgIpc) is 3.46. The standard InChI is InChI=1S/C21H19ClN4O4S/c1-11-13-15(23)16(19(27)30-21(6-7-21)20(24)28)31-18(13)26-17(14(11)22)29-9-3-5-12-4-2-8-25-10-12/h2,4,6-8,10H,3,5,9,23H2,1H3,(H2,24,28). The summed E-state index contributed by atoms with van der Waals surface area (Å²) in [7, 11) is 0. The number of halogens is 1. The van der Waals surface area contributed by atoms with Gasteiger partial charge in [-0.15, -0.1) is 11.3 Å². The van der Waals surface area contributed by atoms with Crippen LogP contribution in [-0.4, -0.2) is 34.1 Å². The van der Waals surface area contributed by atoms with E-state index in [-0.39, 0.29) is 16.4 Å². The van der Waals surface area contributed by atoms with Gasteiger partial charge in [0.05, 0.1) is 12.3 Å². The number of aryl methyl sites for hydroxylation is 2. The summed E-state index contributed by atoms with van der Waals surface area (Å²) in [6.45, 7) is 2.19. The molecule has 0 atom stereocenters. The molecule has 4 rings (SSSR count). The minimum atomic E-state index is -1.47. The Balaban J connectivity index is 1.52. The van der Waals surface area contributed by atoms with Crippen LogP contribution in [0, 0.1) is 6.92 Å². The van der Waals surface area contributed by atoms with Crippen molar-refractivity contribution < 1.29 is 19.1 Å². The molecule has 3 heterocycles. The molecule has 0 aliphatic heterocycles. The van der Waals surface area contributed by atoms with E-state index in [4.69, 9.17) is 32.5 Å². The second-order valence-corrected chi connectivity index (χ2v) is 8.45. The summed E-state index contributed by atoms with van der Waals surface area (Å²) in [5.41, 5.74) is 12.0. The van der Waals surface area contributed by atoms with E-state index in [2.05, 4.69) is 9.97 Å². The second-order valence-electron chi connectivity index (χ2n) is 7.07. The smallest absolute Gasteiger partial charge is 0.352 e. The molecule has 0 spiro atoms. The van der Waals surface area contributed by atoms with Crippen molar-refractivity contribution in [3.8, 4) is 5.88 Å². The molecule has 1 aliphatic rings. The highest BCUT2D eigenvalue weighted by molar-refractivity contribution is 7.21. The van der Waals surface area contributed by atoms with Gasteiger partial charge in [-0.25, -0.2) is 9.78 Å². The van der Waals surface area contributed by atoms with Crippen LogP contribution >= 0.6 is 22.9 Å². The number of amides is 1. The van der Waals surface area contributed by atoms with Gasteiger partial charge < -0.3 is 20.9 Å². The number of primary amides is 1. The van der Waals surface area contributed by atoms with Gasteiger partial charge in [0.1, 0.15) is 14.7 Å². The van der Waals surface area contributed by atoms with Crippen molar-refractivity contribution in [2.24, 2.45) is 5.73 Å². The highest BCUT2D eigenvalue weighted by Gasteiger charge is 2.45. The summed E-state index contributed by atoms with van der Waals surface area (Å²) in [5.74, 6) is -1.24. The molecule has 10 heteroatoms. The van der Waals surface area contributed by atoms with Gasteiger partial charge >= 0.3 is 5.97 Å². The quantitative estimate of drug-likeness (QED) is 0.301. The number of anilines is 1. The van der Waals surface area contributed by atoms with E-state index in [0.717, 1.165) is 29.7 Å². The average molecular weight is 459 g/mol. The minimum Gasteiger partial charge on any atom is -0.477 e. The number of carbonyl (C=O) groups is 2. The molecule has 8 nitrogen and oxygen atoms in total. The van der Waals surface area contributed by atoms with E-state index in [1.165, 1.54) is 12.2 Å². The van der Waals surface area contributed by atoms with Gasteiger partial charge in [0.2, 0.25) is 11.5 Å². The number of nitrogen functional groups attached to an aromatic ring is 1. The van der Waals surface area contributed by atoms with Gasteiger partial charge in [-0.1, -0.05) is 17.7 Å². The van der Waals surface area contributed by atoms with Crippen molar-refractivity contribution in [1.82, 2.24) is 9.97 Å². The third-order valence-electron chi connectivity index (χ3n) is 4.89. The minimum absolute atomic E-state index is 0.129. The fraction of sp³-hybridized carbons (Fsp3) is 0.238. The predicted octanol–water partition coefficient (Wildman–Crippen LogP) is 3.20. The molecule has 0 saturated carbocycles. The van der Waals surface area contributed by atoms with Crippen LogP contribution in [0.2, 0.25) is 5.02 Å². The number of fused-ring (bicyclic) bond motifs is 1. The zero-order valence-corrected chi connectivity index (χ0v) is 18.1. The fourth-order valence-corrected chi connectivity index (χ4v) is 4.30. The van der Waals surface area contributed by atoms with Crippen LogP contribution in [0.15, 0.2) is 36.7 Å².